The van der Waals surface area contributed by atoms with Crippen LogP contribution in [0.3, 0.4) is 0 Å². The zero-order chi connectivity index (χ0) is 29.1. The van der Waals surface area contributed by atoms with E-state index in [4.69, 9.17) is 9.47 Å². The van der Waals surface area contributed by atoms with Crippen LogP contribution in [0.15, 0.2) is 83.8 Å². The van der Waals surface area contributed by atoms with Crippen molar-refractivity contribution < 1.29 is 27.5 Å². The molecule has 214 valence electrons. The molecule has 0 saturated heterocycles. The number of anilines is 1. The highest BCUT2D eigenvalue weighted by molar-refractivity contribution is 7.92. The summed E-state index contributed by atoms with van der Waals surface area (Å²) in [6, 6.07) is 20.9. The first-order valence-electron chi connectivity index (χ1n) is 13.3. The van der Waals surface area contributed by atoms with Gasteiger partial charge in [0.2, 0.25) is 11.8 Å². The lowest BCUT2D eigenvalue weighted by Gasteiger charge is -2.33. The Hall–Kier alpha value is -4.05. The number of sulfonamides is 1. The van der Waals surface area contributed by atoms with Crippen LogP contribution in [0.2, 0.25) is 0 Å². The van der Waals surface area contributed by atoms with Gasteiger partial charge in [-0.1, -0.05) is 37.3 Å². The van der Waals surface area contributed by atoms with Gasteiger partial charge in [-0.15, -0.1) is 0 Å². The Labute approximate surface area is 236 Å². The highest BCUT2D eigenvalue weighted by Gasteiger charge is 2.33. The van der Waals surface area contributed by atoms with Crippen molar-refractivity contribution in [2.45, 2.75) is 44.7 Å². The second-order valence-electron chi connectivity index (χ2n) is 8.94. The predicted octanol–water partition coefficient (Wildman–Crippen LogP) is 4.23. The zero-order valence-electron chi connectivity index (χ0n) is 23.4. The van der Waals surface area contributed by atoms with Crippen LogP contribution in [-0.2, 0) is 26.2 Å². The number of carbonyl (C=O) groups is 2. The first kappa shape index (κ1) is 30.5. The van der Waals surface area contributed by atoms with E-state index >= 15 is 0 Å². The van der Waals surface area contributed by atoms with Crippen LogP contribution < -0.4 is 19.1 Å². The number of hydrogen-bond donors (Lipinski definition) is 1. The number of amides is 2. The molecule has 10 heteroatoms. The van der Waals surface area contributed by atoms with Gasteiger partial charge in [-0.2, -0.15) is 0 Å². The van der Waals surface area contributed by atoms with Gasteiger partial charge in [0.25, 0.3) is 10.0 Å². The molecule has 3 aromatic carbocycles. The number of carbonyl (C=O) groups excluding carboxylic acids is 2. The van der Waals surface area contributed by atoms with Crippen molar-refractivity contribution in [3.63, 3.8) is 0 Å². The number of ether oxygens (including phenoxy) is 2. The SMILES string of the molecule is CCNC(=O)[C@@H](CC)N(Cc1cccc(OC)c1)C(=O)CN(c1ccc(OCC)cc1)S(=O)(=O)c1ccccc1. The molecular weight excluding hydrogens is 530 g/mol. The van der Waals surface area contributed by atoms with Crippen LogP contribution in [-0.4, -0.2) is 58.0 Å². The maximum absolute atomic E-state index is 14.0. The Bertz CT molecular complexity index is 1360. The first-order chi connectivity index (χ1) is 19.2. The Morgan fingerprint density at radius 3 is 2.20 bits per heavy atom. The van der Waals surface area contributed by atoms with Crippen molar-refractivity contribution in [1.82, 2.24) is 10.2 Å². The molecule has 9 nitrogen and oxygen atoms in total. The van der Waals surface area contributed by atoms with Gasteiger partial charge in [0.1, 0.15) is 24.1 Å². The average molecular weight is 568 g/mol. The first-order valence-corrected chi connectivity index (χ1v) is 14.7. The van der Waals surface area contributed by atoms with E-state index in [2.05, 4.69) is 5.32 Å². The molecule has 0 spiro atoms. The third kappa shape index (κ3) is 7.53. The van der Waals surface area contributed by atoms with Gasteiger partial charge in [-0.3, -0.25) is 13.9 Å². The summed E-state index contributed by atoms with van der Waals surface area (Å²) < 4.78 is 39.6. The smallest absolute Gasteiger partial charge is 0.264 e. The summed E-state index contributed by atoms with van der Waals surface area (Å²) in [4.78, 5) is 28.5. The summed E-state index contributed by atoms with van der Waals surface area (Å²) >= 11 is 0. The van der Waals surface area contributed by atoms with Crippen LogP contribution in [0.25, 0.3) is 0 Å². The minimum absolute atomic E-state index is 0.0480. The van der Waals surface area contributed by atoms with Crippen molar-refractivity contribution in [3.8, 4) is 11.5 Å². The fourth-order valence-corrected chi connectivity index (χ4v) is 5.74. The molecule has 40 heavy (non-hydrogen) atoms. The largest absolute Gasteiger partial charge is 0.497 e. The molecule has 0 unspecified atom stereocenters. The van der Waals surface area contributed by atoms with Crippen molar-refractivity contribution >= 4 is 27.5 Å². The van der Waals surface area contributed by atoms with Crippen LogP contribution in [0.1, 0.15) is 32.8 Å². The molecule has 0 saturated carbocycles. The topological polar surface area (TPSA) is 105 Å². The lowest BCUT2D eigenvalue weighted by Crippen LogP contribution is -2.52. The average Bonchev–Trinajstić information content (AvgIpc) is 2.97. The molecular formula is C30H37N3O6S. The van der Waals surface area contributed by atoms with Crippen LogP contribution in [0, 0.1) is 0 Å². The van der Waals surface area contributed by atoms with Crippen LogP contribution in [0.4, 0.5) is 5.69 Å². The minimum Gasteiger partial charge on any atom is -0.497 e. The summed E-state index contributed by atoms with van der Waals surface area (Å²) in [6.07, 6.45) is 0.343. The molecule has 0 radical (unpaired) electrons. The maximum atomic E-state index is 14.0. The normalized spacial score (nSPS) is 11.8. The molecule has 0 fully saturated rings. The Balaban J connectivity index is 2.05. The predicted molar refractivity (Wildman–Crippen MR) is 155 cm³/mol. The van der Waals surface area contributed by atoms with E-state index in [9.17, 15) is 18.0 Å². The minimum atomic E-state index is -4.13. The van der Waals surface area contributed by atoms with Crippen molar-refractivity contribution in [3.05, 3.63) is 84.4 Å². The highest BCUT2D eigenvalue weighted by atomic mass is 32.2. The van der Waals surface area contributed by atoms with E-state index in [1.54, 1.807) is 74.7 Å². The molecule has 0 aliphatic rings. The van der Waals surface area contributed by atoms with Gasteiger partial charge < -0.3 is 19.7 Å². The fourth-order valence-electron chi connectivity index (χ4n) is 4.30. The lowest BCUT2D eigenvalue weighted by atomic mass is 10.1. The van der Waals surface area contributed by atoms with Gasteiger partial charge in [0.15, 0.2) is 0 Å². The second kappa shape index (κ2) is 14.4. The quantitative estimate of drug-likeness (QED) is 0.313. The standard InChI is InChI=1S/C30H37N3O6S/c1-5-28(30(35)31-6-2)32(21-23-12-11-13-26(20-23)38-4)29(34)22-33(24-16-18-25(19-17-24)39-7-3)40(36,37)27-14-9-8-10-15-27/h8-20,28H,5-7,21-22H2,1-4H3,(H,31,35)/t28-/m1/s1. The van der Waals surface area contributed by atoms with Gasteiger partial charge >= 0.3 is 0 Å². The second-order valence-corrected chi connectivity index (χ2v) is 10.8. The number of methoxy groups -OCH3 is 1. The molecule has 3 aromatic rings. The molecule has 0 aromatic heterocycles. The van der Waals surface area contributed by atoms with Gasteiger partial charge in [0.05, 0.1) is 24.3 Å². The van der Waals surface area contributed by atoms with E-state index in [0.717, 1.165) is 9.87 Å². The Kier molecular flexibility index (Phi) is 11.0. The fraction of sp³-hybridized carbons (Fsp3) is 0.333. The van der Waals surface area contributed by atoms with Gasteiger partial charge in [-0.05, 0) is 74.4 Å². The van der Waals surface area contributed by atoms with Crippen molar-refractivity contribution in [2.75, 3.05) is 31.1 Å². The monoisotopic (exact) mass is 567 g/mol. The molecule has 3 rings (SSSR count). The summed E-state index contributed by atoms with van der Waals surface area (Å²) in [5.41, 5.74) is 1.04. The van der Waals surface area contributed by atoms with E-state index in [0.29, 0.717) is 36.8 Å². The lowest BCUT2D eigenvalue weighted by molar-refractivity contribution is -0.140. The summed E-state index contributed by atoms with van der Waals surface area (Å²) in [7, 11) is -2.58. The molecule has 1 N–H and O–H groups in total. The number of rotatable bonds is 14. The number of nitrogens with zero attached hydrogens (tertiary/aromatic N) is 2. The molecule has 0 aliphatic heterocycles. The number of nitrogens with one attached hydrogen (secondary N) is 1. The Morgan fingerprint density at radius 1 is 0.900 bits per heavy atom. The third-order valence-electron chi connectivity index (χ3n) is 6.27. The van der Waals surface area contributed by atoms with Crippen LogP contribution >= 0.6 is 0 Å². The van der Waals surface area contributed by atoms with Gasteiger partial charge in [0, 0.05) is 13.1 Å². The van der Waals surface area contributed by atoms with Crippen molar-refractivity contribution in [2.24, 2.45) is 0 Å². The van der Waals surface area contributed by atoms with Gasteiger partial charge in [-0.25, -0.2) is 8.42 Å². The molecule has 1 atom stereocenters. The third-order valence-corrected chi connectivity index (χ3v) is 8.06. The van der Waals surface area contributed by atoms with E-state index in [1.807, 2.05) is 19.9 Å². The zero-order valence-corrected chi connectivity index (χ0v) is 24.2. The molecule has 0 bridgehead atoms. The maximum Gasteiger partial charge on any atom is 0.264 e. The number of hydrogen-bond acceptors (Lipinski definition) is 6. The summed E-state index contributed by atoms with van der Waals surface area (Å²) in [5.74, 6) is 0.365. The number of likely N-dealkylation sites (N-methyl/N-ethyl adjacent to an activating group) is 1. The Morgan fingerprint density at radius 2 is 1.60 bits per heavy atom. The van der Waals surface area contributed by atoms with E-state index in [-0.39, 0.29) is 17.3 Å². The summed E-state index contributed by atoms with van der Waals surface area (Å²) in [6.45, 7) is 5.92. The molecule has 2 amide bonds. The molecule has 0 heterocycles. The van der Waals surface area contributed by atoms with Crippen molar-refractivity contribution in [1.29, 1.82) is 0 Å². The van der Waals surface area contributed by atoms with E-state index < -0.39 is 28.5 Å². The highest BCUT2D eigenvalue weighted by Crippen LogP contribution is 2.27. The van der Waals surface area contributed by atoms with E-state index in [1.165, 1.54) is 17.0 Å². The number of benzene rings is 3. The summed E-state index contributed by atoms with van der Waals surface area (Å²) in [5, 5.41) is 2.80. The molecule has 0 aliphatic carbocycles. The van der Waals surface area contributed by atoms with Crippen LogP contribution in [0.5, 0.6) is 11.5 Å².